The van der Waals surface area contributed by atoms with E-state index in [0.29, 0.717) is 35.5 Å². The molecule has 1 aromatic heterocycles. The Morgan fingerprint density at radius 3 is 2.62 bits per heavy atom. The third-order valence-electron chi connectivity index (χ3n) is 5.57. The topological polar surface area (TPSA) is 104 Å². The third-order valence-corrected chi connectivity index (χ3v) is 5.87. The van der Waals surface area contributed by atoms with Gasteiger partial charge in [-0.25, -0.2) is 14.2 Å². The average molecular weight is 465 g/mol. The molecule has 2 aromatic rings. The second-order valence-corrected chi connectivity index (χ2v) is 8.20. The summed E-state index contributed by atoms with van der Waals surface area (Å²) in [4.78, 5) is 41.5. The largest absolute Gasteiger partial charge is 0.492 e. The molecule has 3 rings (SSSR count). The van der Waals surface area contributed by atoms with E-state index in [1.807, 2.05) is 6.92 Å². The first-order chi connectivity index (χ1) is 15.4. The molecule has 174 valence electrons. The lowest BCUT2D eigenvalue weighted by Gasteiger charge is -2.24. The van der Waals surface area contributed by atoms with Gasteiger partial charge in [-0.3, -0.25) is 9.36 Å². The van der Waals surface area contributed by atoms with Gasteiger partial charge in [0.25, 0.3) is 0 Å². The Kier molecular flexibility index (Phi) is 8.33. The van der Waals surface area contributed by atoms with Crippen LogP contribution in [0.4, 0.5) is 11.6 Å². The zero-order valence-electron chi connectivity index (χ0n) is 18.4. The number of aromatic nitrogens is 3. The van der Waals surface area contributed by atoms with E-state index in [9.17, 15) is 14.4 Å². The van der Waals surface area contributed by atoms with Crippen LogP contribution in [0.2, 0.25) is 5.02 Å². The molecule has 0 unspecified atom stereocenters. The summed E-state index contributed by atoms with van der Waals surface area (Å²) in [6.45, 7) is 2.71. The molecule has 1 aliphatic rings. The normalized spacial score (nSPS) is 14.2. The van der Waals surface area contributed by atoms with Crippen molar-refractivity contribution in [3.05, 3.63) is 44.2 Å². The van der Waals surface area contributed by atoms with E-state index in [2.05, 4.69) is 15.0 Å². The van der Waals surface area contributed by atoms with E-state index in [1.54, 1.807) is 18.2 Å². The van der Waals surface area contributed by atoms with Gasteiger partial charge in [-0.1, -0.05) is 30.9 Å². The molecule has 0 amide bonds. The van der Waals surface area contributed by atoms with Gasteiger partial charge in [-0.15, -0.1) is 0 Å². The number of nitrogens with one attached hydrogen (secondary N) is 1. The van der Waals surface area contributed by atoms with Crippen LogP contribution in [0.5, 0.6) is 5.75 Å². The van der Waals surface area contributed by atoms with Crippen molar-refractivity contribution >= 4 is 29.2 Å². The number of nitrogens with zero attached hydrogens (tertiary/aromatic N) is 3. The minimum atomic E-state index is -0.724. The Bertz CT molecular complexity index is 1060. The maximum atomic E-state index is 13.2. The van der Waals surface area contributed by atoms with Gasteiger partial charge in [-0.2, -0.15) is 4.98 Å². The first-order valence-corrected chi connectivity index (χ1v) is 11.3. The number of halogens is 1. The first kappa shape index (κ1) is 23.8. The number of hydrogen-bond acceptors (Lipinski definition) is 7. The lowest BCUT2D eigenvalue weighted by Crippen LogP contribution is -2.43. The molecule has 9 nitrogen and oxygen atoms in total. The molecular formula is C22H29ClN4O5. The van der Waals surface area contributed by atoms with Crippen LogP contribution in [0.1, 0.15) is 45.4 Å². The van der Waals surface area contributed by atoms with Crippen LogP contribution >= 0.6 is 11.6 Å². The molecule has 0 atom stereocenters. The van der Waals surface area contributed by atoms with Crippen molar-refractivity contribution in [3.63, 3.8) is 0 Å². The van der Waals surface area contributed by atoms with E-state index in [0.717, 1.165) is 30.3 Å². The van der Waals surface area contributed by atoms with Crippen molar-refractivity contribution in [2.75, 3.05) is 19.0 Å². The number of rotatable bonds is 9. The minimum absolute atomic E-state index is 0.0853. The summed E-state index contributed by atoms with van der Waals surface area (Å²) < 4.78 is 12.5. The quantitative estimate of drug-likeness (QED) is 0.567. The second kappa shape index (κ2) is 11.2. The Morgan fingerprint density at radius 1 is 1.22 bits per heavy atom. The fraction of sp³-hybridized carbons (Fsp3) is 0.545. The number of carbonyl (C=O) groups excluding carboxylic acids is 1. The van der Waals surface area contributed by atoms with Crippen LogP contribution in [-0.2, 0) is 22.6 Å². The molecule has 1 aromatic carbocycles. The van der Waals surface area contributed by atoms with E-state index in [-0.39, 0.29) is 18.9 Å². The molecule has 1 aliphatic carbocycles. The fourth-order valence-electron chi connectivity index (χ4n) is 3.89. The highest BCUT2D eigenvalue weighted by molar-refractivity contribution is 6.32. The van der Waals surface area contributed by atoms with Crippen molar-refractivity contribution in [1.29, 1.82) is 0 Å². The van der Waals surface area contributed by atoms with Crippen molar-refractivity contribution in [3.8, 4) is 5.75 Å². The molecule has 32 heavy (non-hydrogen) atoms. The van der Waals surface area contributed by atoms with E-state index in [4.69, 9.17) is 16.3 Å². The highest BCUT2D eigenvalue weighted by Gasteiger charge is 2.20. The SMILES string of the molecule is CCOc1ccc(Nc2nc(=O)n(CCC(=O)OC)c(=O)n2CC2CCCCC2)cc1Cl. The maximum Gasteiger partial charge on any atom is 0.354 e. The molecule has 0 bridgehead atoms. The average Bonchev–Trinajstić information content (AvgIpc) is 2.78. The van der Waals surface area contributed by atoms with Gasteiger partial charge in [0.1, 0.15) is 5.75 Å². The molecule has 1 fully saturated rings. The molecule has 0 radical (unpaired) electrons. The lowest BCUT2D eigenvalue weighted by atomic mass is 9.89. The van der Waals surface area contributed by atoms with E-state index in [1.165, 1.54) is 18.1 Å². The zero-order valence-corrected chi connectivity index (χ0v) is 19.2. The number of carbonyl (C=O) groups is 1. The van der Waals surface area contributed by atoms with Crippen LogP contribution in [0, 0.1) is 5.92 Å². The highest BCUT2D eigenvalue weighted by atomic mass is 35.5. The smallest absolute Gasteiger partial charge is 0.354 e. The molecule has 1 saturated carbocycles. The van der Waals surface area contributed by atoms with Gasteiger partial charge in [-0.05, 0) is 43.9 Å². The number of ether oxygens (including phenoxy) is 2. The lowest BCUT2D eigenvalue weighted by molar-refractivity contribution is -0.140. The van der Waals surface area contributed by atoms with Crippen molar-refractivity contribution in [2.45, 2.75) is 58.5 Å². The standard InChI is InChI=1S/C22H29ClN4O5/c1-3-32-18-10-9-16(13-17(18)23)24-20-25-21(29)26(12-11-19(28)31-2)22(30)27(20)14-15-7-5-4-6-8-15/h9-10,13,15H,3-8,11-12,14H2,1-2H3,(H,24,25,29). The van der Waals surface area contributed by atoms with Gasteiger partial charge in [0.15, 0.2) is 0 Å². The van der Waals surface area contributed by atoms with Crippen molar-refractivity contribution in [2.24, 2.45) is 5.92 Å². The van der Waals surface area contributed by atoms with Crippen LogP contribution in [0.15, 0.2) is 27.8 Å². The summed E-state index contributed by atoms with van der Waals surface area (Å²) in [6.07, 6.45) is 5.37. The van der Waals surface area contributed by atoms with Crippen molar-refractivity contribution in [1.82, 2.24) is 14.1 Å². The number of hydrogen-bond donors (Lipinski definition) is 1. The van der Waals surface area contributed by atoms with Gasteiger partial charge in [0, 0.05) is 18.8 Å². The van der Waals surface area contributed by atoms with Gasteiger partial charge in [0.2, 0.25) is 5.95 Å². The van der Waals surface area contributed by atoms with Gasteiger partial charge >= 0.3 is 17.3 Å². The summed E-state index contributed by atoms with van der Waals surface area (Å²) in [7, 11) is 1.26. The van der Waals surface area contributed by atoms with Crippen LogP contribution < -0.4 is 21.4 Å². The summed E-state index contributed by atoms with van der Waals surface area (Å²) in [5, 5.41) is 3.47. The Hall–Kier alpha value is -2.81. The van der Waals surface area contributed by atoms with Crippen LogP contribution in [-0.4, -0.2) is 33.8 Å². The molecule has 1 N–H and O–H groups in total. The first-order valence-electron chi connectivity index (χ1n) is 10.9. The maximum absolute atomic E-state index is 13.2. The van der Waals surface area contributed by atoms with Gasteiger partial charge < -0.3 is 14.8 Å². The van der Waals surface area contributed by atoms with E-state index < -0.39 is 17.3 Å². The fourth-order valence-corrected chi connectivity index (χ4v) is 4.13. The van der Waals surface area contributed by atoms with E-state index >= 15 is 0 Å². The molecule has 0 aliphatic heterocycles. The monoisotopic (exact) mass is 464 g/mol. The van der Waals surface area contributed by atoms with Gasteiger partial charge in [0.05, 0.1) is 25.2 Å². The van der Waals surface area contributed by atoms with Crippen LogP contribution in [0.3, 0.4) is 0 Å². The number of methoxy groups -OCH3 is 1. The molecule has 0 spiro atoms. The second-order valence-electron chi connectivity index (χ2n) is 7.80. The molecule has 10 heteroatoms. The minimum Gasteiger partial charge on any atom is -0.492 e. The predicted octanol–water partition coefficient (Wildman–Crippen LogP) is 3.34. The summed E-state index contributed by atoms with van der Waals surface area (Å²) >= 11 is 6.28. The zero-order chi connectivity index (χ0) is 23.1. The Morgan fingerprint density at radius 2 is 1.97 bits per heavy atom. The summed E-state index contributed by atoms with van der Waals surface area (Å²) in [6, 6.07) is 5.12. The highest BCUT2D eigenvalue weighted by Crippen LogP contribution is 2.29. The Labute approximate surface area is 191 Å². The molecular weight excluding hydrogens is 436 g/mol. The molecule has 1 heterocycles. The number of benzene rings is 1. The molecule has 0 saturated heterocycles. The van der Waals surface area contributed by atoms with Crippen LogP contribution in [0.25, 0.3) is 0 Å². The predicted molar refractivity (Wildman–Crippen MR) is 122 cm³/mol. The summed E-state index contributed by atoms with van der Waals surface area (Å²) in [5.41, 5.74) is -0.646. The number of esters is 1. The number of anilines is 2. The Balaban J connectivity index is 1.95. The third kappa shape index (κ3) is 5.91. The van der Waals surface area contributed by atoms with Crippen molar-refractivity contribution < 1.29 is 14.3 Å². The summed E-state index contributed by atoms with van der Waals surface area (Å²) in [5.74, 6) is 0.520.